The molecule has 0 radical (unpaired) electrons. The lowest BCUT2D eigenvalue weighted by Crippen LogP contribution is -2.24. The van der Waals surface area contributed by atoms with E-state index in [1.807, 2.05) is 42.5 Å². The number of para-hydroxylation sites is 1. The minimum atomic E-state index is -0.270. The second kappa shape index (κ2) is 9.61. The summed E-state index contributed by atoms with van der Waals surface area (Å²) in [6.45, 7) is 1.56. The van der Waals surface area contributed by atoms with Gasteiger partial charge in [0.1, 0.15) is 0 Å². The molecule has 1 aliphatic heterocycles. The number of anilines is 3. The van der Waals surface area contributed by atoms with Crippen molar-refractivity contribution in [2.45, 2.75) is 19.8 Å². The molecule has 0 atom stereocenters. The molecular weight excluding hydrogens is 416 g/mol. The van der Waals surface area contributed by atoms with Crippen LogP contribution in [0.2, 0.25) is 0 Å². The van der Waals surface area contributed by atoms with Crippen LogP contribution in [0.4, 0.5) is 17.1 Å². The first kappa shape index (κ1) is 22.1. The lowest BCUT2D eigenvalue weighted by atomic mass is 10.0. The predicted octanol–water partition coefficient (Wildman–Crippen LogP) is 5.14. The molecule has 0 aliphatic carbocycles. The number of rotatable bonds is 5. The standard InChI is InChI=1S/C27H26N2O4/c1-18(30)29-23-7-5-4-6-20(23)10-11-21-12-13-22(17-24(21)29)28-27(31)15-9-19-8-14-25(32-2)26(16-19)33-3/h4-9,12-17H,10-11H2,1-3H3,(H,28,31). The van der Waals surface area contributed by atoms with Gasteiger partial charge >= 0.3 is 0 Å². The first-order valence-corrected chi connectivity index (χ1v) is 10.7. The number of carbonyl (C=O) groups excluding carboxylic acids is 2. The quantitative estimate of drug-likeness (QED) is 0.556. The molecule has 168 valence electrons. The van der Waals surface area contributed by atoms with Gasteiger partial charge in [0.05, 0.1) is 25.6 Å². The van der Waals surface area contributed by atoms with E-state index in [9.17, 15) is 9.59 Å². The van der Waals surface area contributed by atoms with Gasteiger partial charge in [0, 0.05) is 18.7 Å². The monoisotopic (exact) mass is 442 g/mol. The molecule has 0 spiro atoms. The van der Waals surface area contributed by atoms with Gasteiger partial charge < -0.3 is 14.8 Å². The fraction of sp³-hybridized carbons (Fsp3) is 0.185. The van der Waals surface area contributed by atoms with Crippen LogP contribution in [-0.2, 0) is 22.4 Å². The van der Waals surface area contributed by atoms with Crippen molar-refractivity contribution in [2.24, 2.45) is 0 Å². The summed E-state index contributed by atoms with van der Waals surface area (Å²) in [5.74, 6) is 0.881. The number of aryl methyl sites for hydroxylation is 2. The highest BCUT2D eigenvalue weighted by Crippen LogP contribution is 2.37. The Labute approximate surface area is 193 Å². The maximum atomic E-state index is 12.6. The number of carbonyl (C=O) groups is 2. The van der Waals surface area contributed by atoms with Crippen molar-refractivity contribution in [1.82, 2.24) is 0 Å². The van der Waals surface area contributed by atoms with Crippen LogP contribution in [0.1, 0.15) is 23.6 Å². The van der Waals surface area contributed by atoms with Crippen molar-refractivity contribution >= 4 is 35.0 Å². The third-order valence-electron chi connectivity index (χ3n) is 5.64. The molecule has 33 heavy (non-hydrogen) atoms. The Bertz CT molecular complexity index is 1230. The van der Waals surface area contributed by atoms with Crippen molar-refractivity contribution in [3.8, 4) is 11.5 Å². The smallest absolute Gasteiger partial charge is 0.248 e. The topological polar surface area (TPSA) is 67.9 Å². The molecule has 2 amide bonds. The van der Waals surface area contributed by atoms with E-state index in [2.05, 4.69) is 11.4 Å². The van der Waals surface area contributed by atoms with Gasteiger partial charge in [-0.3, -0.25) is 14.5 Å². The maximum Gasteiger partial charge on any atom is 0.248 e. The van der Waals surface area contributed by atoms with Gasteiger partial charge in [0.15, 0.2) is 11.5 Å². The molecule has 1 aliphatic rings. The van der Waals surface area contributed by atoms with E-state index in [4.69, 9.17) is 9.47 Å². The molecule has 1 heterocycles. The fourth-order valence-electron chi connectivity index (χ4n) is 4.05. The number of hydrogen-bond donors (Lipinski definition) is 1. The van der Waals surface area contributed by atoms with Crippen LogP contribution in [0.5, 0.6) is 11.5 Å². The van der Waals surface area contributed by atoms with Crippen LogP contribution in [0, 0.1) is 0 Å². The van der Waals surface area contributed by atoms with Gasteiger partial charge in [-0.2, -0.15) is 0 Å². The highest BCUT2D eigenvalue weighted by Gasteiger charge is 2.23. The molecule has 0 fully saturated rings. The fourth-order valence-corrected chi connectivity index (χ4v) is 4.05. The number of amides is 2. The van der Waals surface area contributed by atoms with Crippen molar-refractivity contribution in [3.63, 3.8) is 0 Å². The molecule has 4 rings (SSSR count). The van der Waals surface area contributed by atoms with Gasteiger partial charge in [-0.1, -0.05) is 30.3 Å². The molecule has 0 bridgehead atoms. The van der Waals surface area contributed by atoms with Crippen LogP contribution in [0.3, 0.4) is 0 Å². The second-order valence-corrected chi connectivity index (χ2v) is 7.76. The van der Waals surface area contributed by atoms with Crippen molar-refractivity contribution in [3.05, 3.63) is 83.4 Å². The number of nitrogens with zero attached hydrogens (tertiary/aromatic N) is 1. The van der Waals surface area contributed by atoms with E-state index >= 15 is 0 Å². The van der Waals surface area contributed by atoms with Gasteiger partial charge in [0.25, 0.3) is 0 Å². The van der Waals surface area contributed by atoms with Crippen LogP contribution in [0.25, 0.3) is 6.08 Å². The van der Waals surface area contributed by atoms with E-state index in [1.54, 1.807) is 44.3 Å². The van der Waals surface area contributed by atoms with Gasteiger partial charge in [-0.25, -0.2) is 0 Å². The lowest BCUT2D eigenvalue weighted by molar-refractivity contribution is -0.116. The molecular formula is C27H26N2O4. The predicted molar refractivity (Wildman–Crippen MR) is 130 cm³/mol. The Kier molecular flexibility index (Phi) is 6.45. The van der Waals surface area contributed by atoms with E-state index in [1.165, 1.54) is 6.08 Å². The van der Waals surface area contributed by atoms with Gasteiger partial charge in [0.2, 0.25) is 11.8 Å². The Morgan fingerprint density at radius 2 is 1.61 bits per heavy atom. The van der Waals surface area contributed by atoms with E-state index < -0.39 is 0 Å². The average molecular weight is 443 g/mol. The SMILES string of the molecule is COc1ccc(C=CC(=O)Nc2ccc3c(c2)N(C(C)=O)c2ccccc2CC3)cc1OC. The zero-order chi connectivity index (χ0) is 23.4. The highest BCUT2D eigenvalue weighted by atomic mass is 16.5. The first-order chi connectivity index (χ1) is 16.0. The van der Waals surface area contributed by atoms with Gasteiger partial charge in [-0.15, -0.1) is 0 Å². The zero-order valence-corrected chi connectivity index (χ0v) is 18.9. The zero-order valence-electron chi connectivity index (χ0n) is 18.9. The summed E-state index contributed by atoms with van der Waals surface area (Å²) in [6.07, 6.45) is 4.85. The molecule has 0 unspecified atom stereocenters. The summed E-state index contributed by atoms with van der Waals surface area (Å²) in [5.41, 5.74) is 5.33. The summed E-state index contributed by atoms with van der Waals surface area (Å²) >= 11 is 0. The minimum Gasteiger partial charge on any atom is -0.493 e. The Morgan fingerprint density at radius 3 is 2.33 bits per heavy atom. The van der Waals surface area contributed by atoms with Gasteiger partial charge in [-0.05, 0) is 65.9 Å². The Morgan fingerprint density at radius 1 is 0.879 bits per heavy atom. The number of methoxy groups -OCH3 is 2. The molecule has 1 N–H and O–H groups in total. The summed E-state index contributed by atoms with van der Waals surface area (Å²) < 4.78 is 10.5. The van der Waals surface area contributed by atoms with Crippen molar-refractivity contribution < 1.29 is 19.1 Å². The van der Waals surface area contributed by atoms with E-state index in [0.29, 0.717) is 17.2 Å². The Hall–Kier alpha value is -4.06. The van der Waals surface area contributed by atoms with Crippen molar-refractivity contribution in [2.75, 3.05) is 24.4 Å². The molecule has 0 saturated carbocycles. The molecule has 0 aromatic heterocycles. The summed E-state index contributed by atoms with van der Waals surface area (Å²) in [5, 5.41) is 2.90. The minimum absolute atomic E-state index is 0.0672. The third-order valence-corrected chi connectivity index (χ3v) is 5.64. The van der Waals surface area contributed by atoms with Crippen LogP contribution >= 0.6 is 0 Å². The van der Waals surface area contributed by atoms with Crippen LogP contribution in [-0.4, -0.2) is 26.0 Å². The lowest BCUT2D eigenvalue weighted by Gasteiger charge is -2.24. The van der Waals surface area contributed by atoms with Crippen LogP contribution in [0.15, 0.2) is 66.7 Å². The number of nitrogens with one attached hydrogen (secondary N) is 1. The summed E-state index contributed by atoms with van der Waals surface area (Å²) in [6, 6.07) is 19.1. The van der Waals surface area contributed by atoms with E-state index in [0.717, 1.165) is 40.9 Å². The van der Waals surface area contributed by atoms with E-state index in [-0.39, 0.29) is 11.8 Å². The number of ether oxygens (including phenoxy) is 2. The van der Waals surface area contributed by atoms with Crippen LogP contribution < -0.4 is 19.7 Å². The maximum absolute atomic E-state index is 12.6. The molecule has 3 aromatic carbocycles. The average Bonchev–Trinajstić information content (AvgIpc) is 2.99. The summed E-state index contributed by atoms with van der Waals surface area (Å²) in [4.78, 5) is 26.9. The molecule has 3 aromatic rings. The number of benzene rings is 3. The molecule has 6 nitrogen and oxygen atoms in total. The number of hydrogen-bond acceptors (Lipinski definition) is 4. The molecule has 6 heteroatoms. The largest absolute Gasteiger partial charge is 0.493 e. The second-order valence-electron chi connectivity index (χ2n) is 7.76. The third kappa shape index (κ3) is 4.75. The molecule has 0 saturated heterocycles. The highest BCUT2D eigenvalue weighted by molar-refractivity contribution is 6.04. The number of fused-ring (bicyclic) bond motifs is 2. The normalized spacial score (nSPS) is 12.5. The Balaban J connectivity index is 1.57. The summed E-state index contributed by atoms with van der Waals surface area (Å²) in [7, 11) is 3.15. The first-order valence-electron chi connectivity index (χ1n) is 10.7. The van der Waals surface area contributed by atoms with Crippen molar-refractivity contribution in [1.29, 1.82) is 0 Å².